The summed E-state index contributed by atoms with van der Waals surface area (Å²) in [5.74, 6) is -1.20. The third-order valence-corrected chi connectivity index (χ3v) is 3.66. The zero-order valence-electron chi connectivity index (χ0n) is 12.0. The summed E-state index contributed by atoms with van der Waals surface area (Å²) in [6.45, 7) is 5.87. The minimum atomic E-state index is -0.815. The molecule has 0 amide bonds. The van der Waals surface area contributed by atoms with Crippen molar-refractivity contribution < 1.29 is 8.78 Å². The van der Waals surface area contributed by atoms with Crippen LogP contribution in [0.5, 0.6) is 0 Å². The van der Waals surface area contributed by atoms with E-state index in [0.29, 0.717) is 12.0 Å². The molecule has 0 heterocycles. The summed E-state index contributed by atoms with van der Waals surface area (Å²) >= 11 is 0. The molecule has 0 radical (unpaired) electrons. The van der Waals surface area contributed by atoms with Crippen LogP contribution in [-0.4, -0.2) is 0 Å². The maximum atomic E-state index is 13.3. The molecule has 0 aromatic heterocycles. The van der Waals surface area contributed by atoms with E-state index in [4.69, 9.17) is 5.73 Å². The van der Waals surface area contributed by atoms with E-state index in [1.54, 1.807) is 6.92 Å². The van der Waals surface area contributed by atoms with E-state index in [-0.39, 0.29) is 0 Å². The van der Waals surface area contributed by atoms with Crippen LogP contribution in [0.15, 0.2) is 36.4 Å². The molecule has 0 spiro atoms. The summed E-state index contributed by atoms with van der Waals surface area (Å²) in [5, 5.41) is 0. The van der Waals surface area contributed by atoms with E-state index in [1.807, 2.05) is 26.0 Å². The molecule has 1 nitrogen and oxygen atoms in total. The van der Waals surface area contributed by atoms with Crippen molar-refractivity contribution in [2.45, 2.75) is 32.7 Å². The quantitative estimate of drug-likeness (QED) is 0.900. The maximum Gasteiger partial charge on any atom is 0.126 e. The zero-order valence-corrected chi connectivity index (χ0v) is 12.0. The number of hydrogen-bond acceptors (Lipinski definition) is 1. The maximum absolute atomic E-state index is 13.3. The Morgan fingerprint density at radius 3 is 2.10 bits per heavy atom. The molecular weight excluding hydrogens is 256 g/mol. The summed E-state index contributed by atoms with van der Waals surface area (Å²) in [6, 6.07) is 9.55. The lowest BCUT2D eigenvalue weighted by atomic mass is 9.86. The third-order valence-electron chi connectivity index (χ3n) is 3.66. The van der Waals surface area contributed by atoms with Gasteiger partial charge in [0.05, 0.1) is 0 Å². The van der Waals surface area contributed by atoms with Gasteiger partial charge in [0.1, 0.15) is 11.6 Å². The molecule has 0 aliphatic heterocycles. The molecule has 2 N–H and O–H groups in total. The van der Waals surface area contributed by atoms with Crippen LogP contribution in [0.4, 0.5) is 8.78 Å². The largest absolute Gasteiger partial charge is 0.321 e. The van der Waals surface area contributed by atoms with Gasteiger partial charge < -0.3 is 5.73 Å². The Hall–Kier alpha value is -1.74. The first-order valence-electron chi connectivity index (χ1n) is 6.59. The molecule has 0 bridgehead atoms. The van der Waals surface area contributed by atoms with Gasteiger partial charge in [-0.25, -0.2) is 8.78 Å². The molecule has 1 atom stereocenters. The molecule has 0 saturated carbocycles. The summed E-state index contributed by atoms with van der Waals surface area (Å²) in [7, 11) is 0. The van der Waals surface area contributed by atoms with Crippen molar-refractivity contribution in [3.63, 3.8) is 0 Å². The Morgan fingerprint density at radius 2 is 1.55 bits per heavy atom. The molecular formula is C17H19F2N. The molecule has 0 saturated heterocycles. The van der Waals surface area contributed by atoms with Gasteiger partial charge in [0.15, 0.2) is 0 Å². The molecule has 0 aliphatic rings. The highest BCUT2D eigenvalue weighted by atomic mass is 19.1. The van der Waals surface area contributed by atoms with Gasteiger partial charge >= 0.3 is 0 Å². The van der Waals surface area contributed by atoms with Crippen molar-refractivity contribution in [3.8, 4) is 0 Å². The van der Waals surface area contributed by atoms with E-state index in [0.717, 1.165) is 11.6 Å². The Bertz CT molecular complexity index is 613. The van der Waals surface area contributed by atoms with Crippen molar-refractivity contribution >= 4 is 0 Å². The first-order valence-corrected chi connectivity index (χ1v) is 6.59. The van der Waals surface area contributed by atoms with Crippen molar-refractivity contribution in [3.05, 3.63) is 70.3 Å². The van der Waals surface area contributed by atoms with E-state index >= 15 is 0 Å². The minimum absolute atomic E-state index is 0.466. The normalized spacial score (nSPS) is 14.1. The molecule has 1 unspecified atom stereocenters. The fourth-order valence-corrected chi connectivity index (χ4v) is 2.32. The summed E-state index contributed by atoms with van der Waals surface area (Å²) in [6.07, 6.45) is 0.525. The second-order valence-electron chi connectivity index (χ2n) is 5.67. The zero-order chi connectivity index (χ0) is 14.9. The van der Waals surface area contributed by atoms with E-state index in [2.05, 4.69) is 6.07 Å². The number of rotatable bonds is 3. The Morgan fingerprint density at radius 1 is 0.950 bits per heavy atom. The van der Waals surface area contributed by atoms with E-state index in [1.165, 1.54) is 23.3 Å². The van der Waals surface area contributed by atoms with E-state index < -0.39 is 17.2 Å². The smallest absolute Gasteiger partial charge is 0.126 e. The summed E-state index contributed by atoms with van der Waals surface area (Å²) in [5.41, 5.74) is 9.37. The molecule has 2 rings (SSSR count). The van der Waals surface area contributed by atoms with Gasteiger partial charge in [-0.15, -0.1) is 0 Å². The summed E-state index contributed by atoms with van der Waals surface area (Å²) < 4.78 is 26.6. The predicted molar refractivity (Wildman–Crippen MR) is 77.5 cm³/mol. The van der Waals surface area contributed by atoms with Gasteiger partial charge in [-0.2, -0.15) is 0 Å². The number of hydrogen-bond donors (Lipinski definition) is 1. The monoisotopic (exact) mass is 275 g/mol. The number of aryl methyl sites for hydroxylation is 2. The molecule has 20 heavy (non-hydrogen) atoms. The lowest BCUT2D eigenvalue weighted by molar-refractivity contribution is 0.478. The van der Waals surface area contributed by atoms with Gasteiger partial charge in [0.25, 0.3) is 0 Å². The van der Waals surface area contributed by atoms with Crippen LogP contribution in [0.3, 0.4) is 0 Å². The number of benzene rings is 2. The molecule has 3 heteroatoms. The lowest BCUT2D eigenvalue weighted by Gasteiger charge is -2.26. The van der Waals surface area contributed by atoms with Crippen molar-refractivity contribution in [1.82, 2.24) is 0 Å². The fraction of sp³-hybridized carbons (Fsp3) is 0.294. The Balaban J connectivity index is 2.32. The molecule has 2 aromatic carbocycles. The predicted octanol–water partition coefficient (Wildman–Crippen LogP) is 4.00. The number of halogens is 2. The van der Waals surface area contributed by atoms with Crippen LogP contribution >= 0.6 is 0 Å². The van der Waals surface area contributed by atoms with Crippen LogP contribution in [0.1, 0.15) is 29.2 Å². The standard InChI is InChI=1S/C17H19F2N/c1-11-4-5-13(6-12(11)2)10-17(3,20)14-7-15(18)9-16(19)8-14/h4-9H,10,20H2,1-3H3. The second kappa shape index (κ2) is 5.33. The molecule has 2 aromatic rings. The van der Waals surface area contributed by atoms with Crippen LogP contribution in [0.2, 0.25) is 0 Å². The average Bonchev–Trinajstić information content (AvgIpc) is 2.32. The average molecular weight is 275 g/mol. The topological polar surface area (TPSA) is 26.0 Å². The van der Waals surface area contributed by atoms with Gasteiger partial charge in [-0.05, 0) is 61.6 Å². The Kier molecular flexibility index (Phi) is 3.91. The highest BCUT2D eigenvalue weighted by molar-refractivity contribution is 5.33. The minimum Gasteiger partial charge on any atom is -0.321 e. The van der Waals surface area contributed by atoms with Gasteiger partial charge in [0.2, 0.25) is 0 Å². The highest BCUT2D eigenvalue weighted by Crippen LogP contribution is 2.25. The van der Waals surface area contributed by atoms with Crippen LogP contribution < -0.4 is 5.73 Å². The van der Waals surface area contributed by atoms with Crippen LogP contribution in [0.25, 0.3) is 0 Å². The summed E-state index contributed by atoms with van der Waals surface area (Å²) in [4.78, 5) is 0. The lowest BCUT2D eigenvalue weighted by Crippen LogP contribution is -2.35. The van der Waals surface area contributed by atoms with Gasteiger partial charge in [-0.1, -0.05) is 18.2 Å². The van der Waals surface area contributed by atoms with Crippen LogP contribution in [-0.2, 0) is 12.0 Å². The van der Waals surface area contributed by atoms with Gasteiger partial charge in [-0.3, -0.25) is 0 Å². The van der Waals surface area contributed by atoms with Crippen molar-refractivity contribution in [2.75, 3.05) is 0 Å². The first kappa shape index (κ1) is 14.7. The second-order valence-corrected chi connectivity index (χ2v) is 5.67. The molecule has 106 valence electrons. The fourth-order valence-electron chi connectivity index (χ4n) is 2.32. The molecule has 0 fully saturated rings. The van der Waals surface area contributed by atoms with Gasteiger partial charge in [0, 0.05) is 11.6 Å². The van der Waals surface area contributed by atoms with E-state index in [9.17, 15) is 8.78 Å². The van der Waals surface area contributed by atoms with Crippen LogP contribution in [0, 0.1) is 25.5 Å². The molecule has 0 aliphatic carbocycles. The third kappa shape index (κ3) is 3.23. The number of nitrogens with two attached hydrogens (primary N) is 1. The highest BCUT2D eigenvalue weighted by Gasteiger charge is 2.23. The SMILES string of the molecule is Cc1ccc(CC(C)(N)c2cc(F)cc(F)c2)cc1C. The van der Waals surface area contributed by atoms with Crippen molar-refractivity contribution in [2.24, 2.45) is 5.73 Å². The first-order chi connectivity index (χ1) is 9.28. The Labute approximate surface area is 118 Å². The van der Waals surface area contributed by atoms with Crippen molar-refractivity contribution in [1.29, 1.82) is 0 Å².